The number of nitrogens with zero attached hydrogens (tertiary/aromatic N) is 2. The maximum Gasteiger partial charge on any atom is 0.267 e. The number of morpholine rings is 1. The molecule has 0 aliphatic carbocycles. The molecule has 1 unspecified atom stereocenters. The normalized spacial score (nSPS) is 21.1. The molecule has 1 aromatic rings. The minimum Gasteiger partial charge on any atom is -0.377 e. The second-order valence-electron chi connectivity index (χ2n) is 3.53. The van der Waals surface area contributed by atoms with Gasteiger partial charge in [-0.2, -0.15) is 0 Å². The van der Waals surface area contributed by atoms with E-state index in [1.807, 2.05) is 4.90 Å². The molecule has 1 atom stereocenters. The molecule has 0 aromatic carbocycles. The van der Waals surface area contributed by atoms with Gasteiger partial charge in [0.2, 0.25) is 0 Å². The predicted molar refractivity (Wildman–Crippen MR) is 63.6 cm³/mol. The Morgan fingerprint density at radius 3 is 3.31 bits per heavy atom. The highest BCUT2D eigenvalue weighted by atomic mass is 79.9. The van der Waals surface area contributed by atoms with Crippen molar-refractivity contribution in [2.75, 3.05) is 31.2 Å². The van der Waals surface area contributed by atoms with E-state index in [0.29, 0.717) is 36.6 Å². The number of nitrogens with one attached hydrogen (secondary N) is 1. The van der Waals surface area contributed by atoms with Crippen LogP contribution in [-0.4, -0.2) is 42.3 Å². The van der Waals surface area contributed by atoms with Crippen LogP contribution in [0, 0.1) is 0 Å². The molecule has 1 aliphatic rings. The van der Waals surface area contributed by atoms with Gasteiger partial charge in [0.05, 0.1) is 25.6 Å². The summed E-state index contributed by atoms with van der Waals surface area (Å²) in [5.41, 5.74) is 5.48. The summed E-state index contributed by atoms with van der Waals surface area (Å²) >= 11 is 3.24. The van der Waals surface area contributed by atoms with E-state index < -0.39 is 0 Å². The topological polar surface area (TPSA) is 84.2 Å². The average Bonchev–Trinajstić information content (AvgIpc) is 2.33. The smallest absolute Gasteiger partial charge is 0.267 e. The summed E-state index contributed by atoms with van der Waals surface area (Å²) in [4.78, 5) is 20.1. The van der Waals surface area contributed by atoms with Crippen LogP contribution in [0.3, 0.4) is 0 Å². The molecule has 0 saturated carbocycles. The first-order chi connectivity index (χ1) is 7.74. The highest BCUT2D eigenvalue weighted by Gasteiger charge is 2.25. The van der Waals surface area contributed by atoms with Crippen molar-refractivity contribution in [1.29, 1.82) is 0 Å². The molecule has 2 heterocycles. The maximum atomic E-state index is 11.4. The van der Waals surface area contributed by atoms with E-state index in [1.54, 1.807) is 0 Å². The van der Waals surface area contributed by atoms with Crippen molar-refractivity contribution in [3.05, 3.63) is 21.2 Å². The van der Waals surface area contributed by atoms with E-state index in [1.165, 1.54) is 6.33 Å². The molecular weight excluding hydrogens is 276 g/mol. The number of hydrogen-bond donors (Lipinski definition) is 2. The standard InChI is InChI=1S/C9H13BrN4O2/c10-7-8(12-5-13-9(7)15)14-1-2-16-4-6(14)3-11/h5-6H,1-4,11H2,(H,12,13,15). The lowest BCUT2D eigenvalue weighted by Gasteiger charge is -2.35. The first kappa shape index (κ1) is 11.6. The fourth-order valence-electron chi connectivity index (χ4n) is 1.70. The van der Waals surface area contributed by atoms with E-state index in [-0.39, 0.29) is 11.6 Å². The van der Waals surface area contributed by atoms with Crippen LogP contribution in [0.5, 0.6) is 0 Å². The van der Waals surface area contributed by atoms with E-state index in [2.05, 4.69) is 25.9 Å². The molecule has 0 spiro atoms. The Balaban J connectivity index is 2.34. The lowest BCUT2D eigenvalue weighted by atomic mass is 10.2. The number of hydrogen-bond acceptors (Lipinski definition) is 5. The van der Waals surface area contributed by atoms with E-state index in [4.69, 9.17) is 10.5 Å². The highest BCUT2D eigenvalue weighted by molar-refractivity contribution is 9.10. The predicted octanol–water partition coefficient (Wildman–Crippen LogP) is -0.304. The Hall–Kier alpha value is -0.920. The summed E-state index contributed by atoms with van der Waals surface area (Å²) in [6.45, 7) is 2.35. The number of H-pyrrole nitrogens is 1. The fraction of sp³-hybridized carbons (Fsp3) is 0.556. The van der Waals surface area contributed by atoms with Gasteiger partial charge in [-0.25, -0.2) is 4.98 Å². The molecule has 1 aromatic heterocycles. The van der Waals surface area contributed by atoms with Gasteiger partial charge in [0.25, 0.3) is 5.56 Å². The number of ether oxygens (including phenoxy) is 1. The Morgan fingerprint density at radius 2 is 2.56 bits per heavy atom. The van der Waals surface area contributed by atoms with Crippen LogP contribution in [0.15, 0.2) is 15.6 Å². The van der Waals surface area contributed by atoms with Gasteiger partial charge in [-0.3, -0.25) is 4.79 Å². The molecule has 0 radical (unpaired) electrons. The maximum absolute atomic E-state index is 11.4. The average molecular weight is 289 g/mol. The molecule has 7 heteroatoms. The van der Waals surface area contributed by atoms with Crippen molar-refractivity contribution in [1.82, 2.24) is 9.97 Å². The van der Waals surface area contributed by atoms with Crippen LogP contribution in [0.1, 0.15) is 0 Å². The van der Waals surface area contributed by atoms with E-state index in [9.17, 15) is 4.79 Å². The number of anilines is 1. The fourth-order valence-corrected chi connectivity index (χ4v) is 2.15. The van der Waals surface area contributed by atoms with E-state index in [0.717, 1.165) is 0 Å². The Labute approximate surface area is 101 Å². The van der Waals surface area contributed by atoms with Crippen LogP contribution < -0.4 is 16.2 Å². The van der Waals surface area contributed by atoms with Gasteiger partial charge < -0.3 is 20.4 Å². The molecule has 1 aliphatic heterocycles. The number of nitrogens with two attached hydrogens (primary N) is 1. The molecule has 6 nitrogen and oxygen atoms in total. The molecular formula is C9H13BrN4O2. The van der Waals surface area contributed by atoms with Gasteiger partial charge in [-0.15, -0.1) is 0 Å². The summed E-state index contributed by atoms with van der Waals surface area (Å²) in [5, 5.41) is 0. The summed E-state index contributed by atoms with van der Waals surface area (Å²) in [7, 11) is 0. The van der Waals surface area contributed by atoms with Gasteiger partial charge >= 0.3 is 0 Å². The first-order valence-corrected chi connectivity index (χ1v) is 5.81. The molecule has 88 valence electrons. The van der Waals surface area contributed by atoms with Crippen LogP contribution in [0.25, 0.3) is 0 Å². The largest absolute Gasteiger partial charge is 0.377 e. The Kier molecular flexibility index (Phi) is 3.57. The number of aromatic nitrogens is 2. The summed E-state index contributed by atoms with van der Waals surface area (Å²) < 4.78 is 5.78. The quantitative estimate of drug-likeness (QED) is 0.780. The van der Waals surface area contributed by atoms with Crippen molar-refractivity contribution in [2.45, 2.75) is 6.04 Å². The molecule has 0 bridgehead atoms. The molecule has 16 heavy (non-hydrogen) atoms. The summed E-state index contributed by atoms with van der Waals surface area (Å²) in [5.74, 6) is 0.627. The van der Waals surface area contributed by atoms with Crippen LogP contribution in [0.4, 0.5) is 5.82 Å². The van der Waals surface area contributed by atoms with Gasteiger partial charge in [-0.1, -0.05) is 0 Å². The lowest BCUT2D eigenvalue weighted by Crippen LogP contribution is -2.50. The Morgan fingerprint density at radius 1 is 1.75 bits per heavy atom. The van der Waals surface area contributed by atoms with Crippen LogP contribution in [0.2, 0.25) is 0 Å². The second kappa shape index (κ2) is 4.94. The van der Waals surface area contributed by atoms with Gasteiger partial charge in [-0.05, 0) is 15.9 Å². The van der Waals surface area contributed by atoms with Crippen molar-refractivity contribution >= 4 is 21.7 Å². The van der Waals surface area contributed by atoms with Crippen molar-refractivity contribution < 1.29 is 4.74 Å². The van der Waals surface area contributed by atoms with Crippen molar-refractivity contribution in [3.8, 4) is 0 Å². The zero-order valence-electron chi connectivity index (χ0n) is 8.65. The highest BCUT2D eigenvalue weighted by Crippen LogP contribution is 2.22. The number of aromatic amines is 1. The molecule has 1 saturated heterocycles. The molecule has 3 N–H and O–H groups in total. The zero-order chi connectivity index (χ0) is 11.5. The third kappa shape index (κ3) is 2.11. The lowest BCUT2D eigenvalue weighted by molar-refractivity contribution is 0.0957. The summed E-state index contributed by atoms with van der Waals surface area (Å²) in [6, 6.07) is 0.0688. The van der Waals surface area contributed by atoms with Crippen molar-refractivity contribution in [2.24, 2.45) is 5.73 Å². The third-order valence-corrected chi connectivity index (χ3v) is 3.26. The van der Waals surface area contributed by atoms with Crippen LogP contribution >= 0.6 is 15.9 Å². The number of halogens is 1. The van der Waals surface area contributed by atoms with E-state index >= 15 is 0 Å². The zero-order valence-corrected chi connectivity index (χ0v) is 10.2. The SMILES string of the molecule is NCC1COCCN1c1nc[nH]c(=O)c1Br. The Bertz CT molecular complexity index is 422. The summed E-state index contributed by atoms with van der Waals surface area (Å²) in [6.07, 6.45) is 1.39. The molecule has 0 amide bonds. The van der Waals surface area contributed by atoms with Gasteiger partial charge in [0.15, 0.2) is 5.82 Å². The minimum atomic E-state index is -0.188. The number of rotatable bonds is 2. The van der Waals surface area contributed by atoms with Crippen LogP contribution in [-0.2, 0) is 4.74 Å². The minimum absolute atomic E-state index is 0.0688. The molecule has 1 fully saturated rings. The van der Waals surface area contributed by atoms with Gasteiger partial charge in [0.1, 0.15) is 4.47 Å². The monoisotopic (exact) mass is 288 g/mol. The van der Waals surface area contributed by atoms with Crippen molar-refractivity contribution in [3.63, 3.8) is 0 Å². The third-order valence-electron chi connectivity index (χ3n) is 2.55. The molecule has 2 rings (SSSR count). The first-order valence-electron chi connectivity index (χ1n) is 5.01. The van der Waals surface area contributed by atoms with Gasteiger partial charge in [0, 0.05) is 13.1 Å². The second-order valence-corrected chi connectivity index (χ2v) is 4.32.